The molecule has 184 valence electrons. The van der Waals surface area contributed by atoms with E-state index in [-0.39, 0.29) is 30.7 Å². The number of allylic oxidation sites excluding steroid dienone is 1. The summed E-state index contributed by atoms with van der Waals surface area (Å²) in [6.45, 7) is -0.243. The highest BCUT2D eigenvalue weighted by Gasteiger charge is 2.38. The molecule has 3 nitrogen and oxygen atoms in total. The maximum absolute atomic E-state index is 13.2. The lowest BCUT2D eigenvalue weighted by Gasteiger charge is -2.35. The van der Waals surface area contributed by atoms with Crippen LogP contribution in [0.4, 0.5) is 26.3 Å². The Hall–Kier alpha value is -3.11. The largest absolute Gasteiger partial charge is 0.416 e. The molecule has 3 aromatic rings. The van der Waals surface area contributed by atoms with E-state index in [1.54, 1.807) is 0 Å². The molecular weight excluding hydrogens is 492 g/mol. The van der Waals surface area contributed by atoms with E-state index in [0.717, 1.165) is 16.7 Å². The van der Waals surface area contributed by atoms with Crippen LogP contribution in [0.1, 0.15) is 34.6 Å². The molecule has 0 bridgehead atoms. The van der Waals surface area contributed by atoms with Gasteiger partial charge < -0.3 is 0 Å². The summed E-state index contributed by atoms with van der Waals surface area (Å²) in [6, 6.07) is 19.0. The first kappa shape index (κ1) is 25.0. The highest BCUT2D eigenvalue weighted by atomic mass is 32.2. The van der Waals surface area contributed by atoms with Crippen molar-refractivity contribution in [3.63, 3.8) is 0 Å². The Balaban J connectivity index is 1.66. The molecule has 10 heteroatoms. The van der Waals surface area contributed by atoms with Crippen molar-refractivity contribution in [3.8, 4) is 0 Å². The van der Waals surface area contributed by atoms with Crippen LogP contribution < -0.4 is 4.72 Å². The fourth-order valence-electron chi connectivity index (χ4n) is 4.08. The minimum absolute atomic E-state index is 0.0107. The Bertz CT molecular complexity index is 1320. The summed E-state index contributed by atoms with van der Waals surface area (Å²) in [5.74, 6) is -0.0107. The first-order valence-corrected chi connectivity index (χ1v) is 12.0. The molecule has 0 amide bonds. The third kappa shape index (κ3) is 5.43. The van der Waals surface area contributed by atoms with Crippen LogP contribution in [0.15, 0.2) is 89.3 Å². The Labute approximate surface area is 198 Å². The third-order valence-corrected chi connectivity index (χ3v) is 7.19. The van der Waals surface area contributed by atoms with Crippen LogP contribution in [0.2, 0.25) is 0 Å². The van der Waals surface area contributed by atoms with Gasteiger partial charge in [-0.25, -0.2) is 13.1 Å². The molecule has 0 aliphatic heterocycles. The number of alkyl halides is 6. The van der Waals surface area contributed by atoms with Crippen LogP contribution in [0.5, 0.6) is 0 Å². The van der Waals surface area contributed by atoms with Crippen LogP contribution in [-0.2, 0) is 22.4 Å². The van der Waals surface area contributed by atoms with Gasteiger partial charge in [0.2, 0.25) is 10.0 Å². The van der Waals surface area contributed by atoms with Crippen molar-refractivity contribution in [3.05, 3.63) is 107 Å². The number of benzene rings is 3. The summed E-state index contributed by atoms with van der Waals surface area (Å²) in [4.78, 5) is -1.10. The molecule has 0 saturated heterocycles. The zero-order chi connectivity index (χ0) is 25.4. The fraction of sp³-hybridized carbons (Fsp3) is 0.200. The maximum Gasteiger partial charge on any atom is 0.416 e. The van der Waals surface area contributed by atoms with Gasteiger partial charge in [0, 0.05) is 12.5 Å². The summed E-state index contributed by atoms with van der Waals surface area (Å²) in [6.07, 6.45) is -9.80. The van der Waals surface area contributed by atoms with Gasteiger partial charge in [0.1, 0.15) is 0 Å². The maximum atomic E-state index is 13.2. The number of hydrogen-bond acceptors (Lipinski definition) is 2. The number of hydrogen-bond donors (Lipinski definition) is 1. The molecule has 0 fully saturated rings. The van der Waals surface area contributed by atoms with Crippen molar-refractivity contribution in [1.82, 2.24) is 4.72 Å². The molecule has 1 aliphatic rings. The van der Waals surface area contributed by atoms with Crippen molar-refractivity contribution < 1.29 is 34.8 Å². The first-order valence-electron chi connectivity index (χ1n) is 10.5. The molecule has 0 heterocycles. The standard InChI is InChI=1S/C25H19F6NO2S/c26-24(27,28)19-12-20(25(29,30)31)14-21(13-19)35(33,34)32-15-18-11-22(16-7-3-1-4-8-16)23(18)17-9-5-2-6-10-17/h1-10,12-14,22,32H,11,15H2. The van der Waals surface area contributed by atoms with Gasteiger partial charge in [0.25, 0.3) is 0 Å². The number of nitrogens with one attached hydrogen (secondary N) is 1. The highest BCUT2D eigenvalue weighted by molar-refractivity contribution is 7.89. The van der Waals surface area contributed by atoms with E-state index in [0.29, 0.717) is 12.0 Å². The summed E-state index contributed by atoms with van der Waals surface area (Å²) < 4.78 is 107. The Morgan fingerprint density at radius 2 is 1.29 bits per heavy atom. The monoisotopic (exact) mass is 511 g/mol. The second kappa shape index (κ2) is 9.16. The second-order valence-electron chi connectivity index (χ2n) is 8.12. The summed E-state index contributed by atoms with van der Waals surface area (Å²) in [5.41, 5.74) is 0.0800. The lowest BCUT2D eigenvalue weighted by Crippen LogP contribution is -2.31. The Morgan fingerprint density at radius 3 is 1.80 bits per heavy atom. The van der Waals surface area contributed by atoms with E-state index in [1.807, 2.05) is 60.7 Å². The fourth-order valence-corrected chi connectivity index (χ4v) is 5.18. The lowest BCUT2D eigenvalue weighted by atomic mass is 9.70. The van der Waals surface area contributed by atoms with Crippen LogP contribution in [0.3, 0.4) is 0 Å². The number of rotatable bonds is 6. The summed E-state index contributed by atoms with van der Waals surface area (Å²) >= 11 is 0. The average Bonchev–Trinajstić information content (AvgIpc) is 2.78. The van der Waals surface area contributed by atoms with Gasteiger partial charge in [-0.15, -0.1) is 0 Å². The molecule has 3 aromatic carbocycles. The van der Waals surface area contributed by atoms with Crippen LogP contribution >= 0.6 is 0 Å². The zero-order valence-corrected chi connectivity index (χ0v) is 18.8. The number of sulfonamides is 1. The summed E-state index contributed by atoms with van der Waals surface area (Å²) in [5, 5.41) is 0. The third-order valence-electron chi connectivity index (χ3n) is 5.81. The SMILES string of the molecule is O=S(=O)(NCC1=C(c2ccccc2)C(c2ccccc2)C1)c1cc(C(F)(F)F)cc(C(F)(F)F)c1. The van der Waals surface area contributed by atoms with E-state index < -0.39 is 38.4 Å². The van der Waals surface area contributed by atoms with E-state index in [2.05, 4.69) is 4.72 Å². The van der Waals surface area contributed by atoms with Gasteiger partial charge in [-0.1, -0.05) is 60.7 Å². The molecule has 0 spiro atoms. The van der Waals surface area contributed by atoms with Gasteiger partial charge in [0.15, 0.2) is 0 Å². The molecular formula is C25H19F6NO2S. The van der Waals surface area contributed by atoms with Crippen LogP contribution in [-0.4, -0.2) is 15.0 Å². The van der Waals surface area contributed by atoms with Crippen molar-refractivity contribution in [1.29, 1.82) is 0 Å². The summed E-state index contributed by atoms with van der Waals surface area (Å²) in [7, 11) is -4.67. The van der Waals surface area contributed by atoms with Crippen LogP contribution in [0, 0.1) is 0 Å². The van der Waals surface area contributed by atoms with Crippen molar-refractivity contribution >= 4 is 15.6 Å². The molecule has 35 heavy (non-hydrogen) atoms. The Morgan fingerprint density at radius 1 is 0.771 bits per heavy atom. The lowest BCUT2D eigenvalue weighted by molar-refractivity contribution is -0.143. The molecule has 1 aliphatic carbocycles. The van der Waals surface area contributed by atoms with Gasteiger partial charge in [-0.3, -0.25) is 0 Å². The predicted molar refractivity (Wildman–Crippen MR) is 119 cm³/mol. The van der Waals surface area contributed by atoms with Crippen LogP contribution in [0.25, 0.3) is 5.57 Å². The zero-order valence-electron chi connectivity index (χ0n) is 18.0. The smallest absolute Gasteiger partial charge is 0.207 e. The molecule has 1 N–H and O–H groups in total. The van der Waals surface area contributed by atoms with E-state index in [9.17, 15) is 34.8 Å². The normalized spacial score (nSPS) is 16.8. The number of halogens is 6. The molecule has 0 aromatic heterocycles. The van der Waals surface area contributed by atoms with Gasteiger partial charge >= 0.3 is 12.4 Å². The predicted octanol–water partition coefficient (Wildman–Crippen LogP) is 6.64. The van der Waals surface area contributed by atoms with Crippen molar-refractivity contribution in [2.75, 3.05) is 6.54 Å². The first-order chi connectivity index (χ1) is 16.4. The van der Waals surface area contributed by atoms with Crippen molar-refractivity contribution in [2.24, 2.45) is 0 Å². The minimum Gasteiger partial charge on any atom is -0.207 e. The highest BCUT2D eigenvalue weighted by Crippen LogP contribution is 2.48. The Kier molecular flexibility index (Phi) is 6.54. The second-order valence-corrected chi connectivity index (χ2v) is 9.88. The van der Waals surface area contributed by atoms with Crippen molar-refractivity contribution in [2.45, 2.75) is 29.6 Å². The quantitative estimate of drug-likeness (QED) is 0.377. The van der Waals surface area contributed by atoms with Gasteiger partial charge in [-0.2, -0.15) is 26.3 Å². The van der Waals surface area contributed by atoms with Gasteiger partial charge in [0.05, 0.1) is 16.0 Å². The average molecular weight is 511 g/mol. The molecule has 1 atom stereocenters. The molecule has 0 saturated carbocycles. The van der Waals surface area contributed by atoms with E-state index in [4.69, 9.17) is 0 Å². The molecule has 1 unspecified atom stereocenters. The van der Waals surface area contributed by atoms with E-state index in [1.165, 1.54) is 0 Å². The van der Waals surface area contributed by atoms with E-state index >= 15 is 0 Å². The molecule has 4 rings (SSSR count). The topological polar surface area (TPSA) is 46.2 Å². The minimum atomic E-state index is -5.15. The van der Waals surface area contributed by atoms with Gasteiger partial charge in [-0.05, 0) is 46.9 Å². The molecule has 0 radical (unpaired) electrons.